The Morgan fingerprint density at radius 2 is 2.04 bits per heavy atom. The maximum absolute atomic E-state index is 12.4. The van der Waals surface area contributed by atoms with E-state index in [1.807, 2.05) is 41.5 Å². The summed E-state index contributed by atoms with van der Waals surface area (Å²) in [6.45, 7) is 5.46. The quantitative estimate of drug-likeness (QED) is 0.656. The molecule has 4 rings (SSSR count). The van der Waals surface area contributed by atoms with Crippen LogP contribution in [-0.2, 0) is 11.3 Å². The summed E-state index contributed by atoms with van der Waals surface area (Å²) in [6.07, 6.45) is 1.74. The molecular weight excluding hydrogens is 376 g/mol. The third-order valence-corrected chi connectivity index (χ3v) is 5.58. The predicted octanol–water partition coefficient (Wildman–Crippen LogP) is 1.79. The lowest BCUT2D eigenvalue weighted by molar-refractivity contribution is -0.135. The Morgan fingerprint density at radius 3 is 2.82 bits per heavy atom. The van der Waals surface area contributed by atoms with E-state index in [1.165, 1.54) is 11.3 Å². The molecule has 1 aliphatic rings. The van der Waals surface area contributed by atoms with Crippen LogP contribution in [0.1, 0.15) is 11.3 Å². The minimum Gasteiger partial charge on any atom is -0.484 e. The van der Waals surface area contributed by atoms with Gasteiger partial charge in [0, 0.05) is 50.4 Å². The van der Waals surface area contributed by atoms with E-state index in [2.05, 4.69) is 9.88 Å². The van der Waals surface area contributed by atoms with Gasteiger partial charge >= 0.3 is 0 Å². The van der Waals surface area contributed by atoms with Gasteiger partial charge in [-0.2, -0.15) is 0 Å². The van der Waals surface area contributed by atoms with Crippen LogP contribution >= 0.6 is 11.3 Å². The van der Waals surface area contributed by atoms with Gasteiger partial charge < -0.3 is 9.64 Å². The van der Waals surface area contributed by atoms with Gasteiger partial charge in [-0.15, -0.1) is 11.3 Å². The molecule has 146 valence electrons. The number of rotatable bonds is 5. The molecule has 0 saturated carbocycles. The molecule has 0 atom stereocenters. The van der Waals surface area contributed by atoms with E-state index in [-0.39, 0.29) is 18.1 Å². The maximum atomic E-state index is 12.4. The van der Waals surface area contributed by atoms with Crippen molar-refractivity contribution in [2.75, 3.05) is 32.8 Å². The molecule has 0 radical (unpaired) electrons. The second kappa shape index (κ2) is 8.12. The van der Waals surface area contributed by atoms with E-state index in [1.54, 1.807) is 16.7 Å². The second-order valence-electron chi connectivity index (χ2n) is 6.90. The molecule has 0 bridgehead atoms. The predicted molar refractivity (Wildman–Crippen MR) is 108 cm³/mol. The fraction of sp³-hybridized carbons (Fsp3) is 0.350. The van der Waals surface area contributed by atoms with E-state index >= 15 is 0 Å². The highest BCUT2D eigenvalue weighted by molar-refractivity contribution is 7.15. The molecule has 0 N–H and O–H groups in total. The van der Waals surface area contributed by atoms with Crippen LogP contribution in [0.25, 0.3) is 4.96 Å². The number of piperazine rings is 1. The molecule has 8 heteroatoms. The van der Waals surface area contributed by atoms with Gasteiger partial charge in [-0.05, 0) is 24.6 Å². The molecule has 7 nitrogen and oxygen atoms in total. The minimum atomic E-state index is -0.0524. The fourth-order valence-electron chi connectivity index (χ4n) is 3.29. The van der Waals surface area contributed by atoms with Gasteiger partial charge in [0.2, 0.25) is 0 Å². The highest BCUT2D eigenvalue weighted by Crippen LogP contribution is 2.13. The van der Waals surface area contributed by atoms with Crippen LogP contribution in [0.5, 0.6) is 5.75 Å². The van der Waals surface area contributed by atoms with Crippen molar-refractivity contribution in [3.63, 3.8) is 0 Å². The zero-order valence-electron chi connectivity index (χ0n) is 15.7. The maximum Gasteiger partial charge on any atom is 0.260 e. The Labute approximate surface area is 166 Å². The Kier molecular flexibility index (Phi) is 5.40. The van der Waals surface area contributed by atoms with Crippen LogP contribution in [0.15, 0.2) is 46.7 Å². The van der Waals surface area contributed by atoms with Gasteiger partial charge in [0.25, 0.3) is 11.5 Å². The number of fused-ring (bicyclic) bond motifs is 1. The van der Waals surface area contributed by atoms with Crippen molar-refractivity contribution >= 4 is 22.2 Å². The first-order valence-corrected chi connectivity index (χ1v) is 10.1. The Balaban J connectivity index is 1.29. The molecule has 0 aliphatic carbocycles. The molecular formula is C20H22N4O3S. The van der Waals surface area contributed by atoms with E-state index in [9.17, 15) is 9.59 Å². The SMILES string of the molecule is Cc1cccc(OCC(=O)N2CCN(Cc3cc(=O)n4ccsc4n3)CC2)c1. The van der Waals surface area contributed by atoms with E-state index < -0.39 is 0 Å². The van der Waals surface area contributed by atoms with Crippen LogP contribution in [0.3, 0.4) is 0 Å². The first-order chi connectivity index (χ1) is 13.6. The lowest BCUT2D eigenvalue weighted by atomic mass is 10.2. The highest BCUT2D eigenvalue weighted by atomic mass is 32.1. The van der Waals surface area contributed by atoms with E-state index in [0.29, 0.717) is 30.3 Å². The van der Waals surface area contributed by atoms with Gasteiger partial charge in [0.15, 0.2) is 11.6 Å². The summed E-state index contributed by atoms with van der Waals surface area (Å²) < 4.78 is 7.17. The Hall–Kier alpha value is -2.71. The minimum absolute atomic E-state index is 0.00229. The van der Waals surface area contributed by atoms with Gasteiger partial charge in [0.1, 0.15) is 5.75 Å². The Bertz CT molecular complexity index is 1040. The smallest absolute Gasteiger partial charge is 0.260 e. The van der Waals surface area contributed by atoms with Gasteiger partial charge in [0.05, 0.1) is 5.69 Å². The first-order valence-electron chi connectivity index (χ1n) is 9.24. The van der Waals surface area contributed by atoms with Crippen molar-refractivity contribution in [3.05, 3.63) is 63.5 Å². The molecule has 0 spiro atoms. The van der Waals surface area contributed by atoms with E-state index in [4.69, 9.17) is 4.74 Å². The number of aryl methyl sites for hydroxylation is 1. The van der Waals surface area contributed by atoms with Crippen LogP contribution in [-0.4, -0.2) is 57.9 Å². The number of thiazole rings is 1. The standard InChI is InChI=1S/C20H22N4O3S/c1-15-3-2-4-17(11-15)27-14-19(26)23-7-5-22(6-8-23)13-16-12-18(25)24-9-10-28-20(24)21-16/h2-4,9-12H,5-8,13-14H2,1H3. The summed E-state index contributed by atoms with van der Waals surface area (Å²) in [5.74, 6) is 0.714. The summed E-state index contributed by atoms with van der Waals surface area (Å²) in [7, 11) is 0. The first kappa shape index (κ1) is 18.6. The third-order valence-electron chi connectivity index (χ3n) is 4.82. The second-order valence-corrected chi connectivity index (χ2v) is 7.78. The molecule has 1 fully saturated rings. The molecule has 1 aliphatic heterocycles. The molecule has 0 unspecified atom stereocenters. The number of hydrogen-bond acceptors (Lipinski definition) is 6. The molecule has 1 aromatic carbocycles. The van der Waals surface area contributed by atoms with Crippen molar-refractivity contribution < 1.29 is 9.53 Å². The summed E-state index contributed by atoms with van der Waals surface area (Å²) in [4.78, 5) is 33.8. The number of hydrogen-bond donors (Lipinski definition) is 0. The normalized spacial score (nSPS) is 15.1. The molecule has 2 aromatic heterocycles. The summed E-state index contributed by atoms with van der Waals surface area (Å²) in [5.41, 5.74) is 1.82. The fourth-order valence-corrected chi connectivity index (χ4v) is 4.03. The number of nitrogens with zero attached hydrogens (tertiary/aromatic N) is 4. The Morgan fingerprint density at radius 1 is 1.21 bits per heavy atom. The average Bonchev–Trinajstić information content (AvgIpc) is 3.16. The van der Waals surface area contributed by atoms with E-state index in [0.717, 1.165) is 24.3 Å². The van der Waals surface area contributed by atoms with Gasteiger partial charge in [-0.1, -0.05) is 12.1 Å². The van der Waals surface area contributed by atoms with Crippen LogP contribution in [0, 0.1) is 6.92 Å². The van der Waals surface area contributed by atoms with Gasteiger partial charge in [-0.3, -0.25) is 18.9 Å². The van der Waals surface area contributed by atoms with Crippen molar-refractivity contribution in [2.45, 2.75) is 13.5 Å². The summed E-state index contributed by atoms with van der Waals surface area (Å²) >= 11 is 1.45. The number of ether oxygens (including phenoxy) is 1. The topological polar surface area (TPSA) is 67.2 Å². The lowest BCUT2D eigenvalue weighted by Gasteiger charge is -2.34. The summed E-state index contributed by atoms with van der Waals surface area (Å²) in [6, 6.07) is 9.28. The van der Waals surface area contributed by atoms with Crippen molar-refractivity contribution in [3.8, 4) is 5.75 Å². The van der Waals surface area contributed by atoms with Crippen molar-refractivity contribution in [1.82, 2.24) is 19.2 Å². The number of aromatic nitrogens is 2. The number of carbonyl (C=O) groups is 1. The van der Waals surface area contributed by atoms with Crippen molar-refractivity contribution in [2.24, 2.45) is 0 Å². The average molecular weight is 398 g/mol. The molecule has 28 heavy (non-hydrogen) atoms. The largest absolute Gasteiger partial charge is 0.484 e. The number of carbonyl (C=O) groups excluding carboxylic acids is 1. The molecule has 1 saturated heterocycles. The van der Waals surface area contributed by atoms with Crippen LogP contribution < -0.4 is 10.3 Å². The number of amides is 1. The lowest BCUT2D eigenvalue weighted by Crippen LogP contribution is -2.49. The van der Waals surface area contributed by atoms with Crippen LogP contribution in [0.2, 0.25) is 0 Å². The van der Waals surface area contributed by atoms with Crippen molar-refractivity contribution in [1.29, 1.82) is 0 Å². The van der Waals surface area contributed by atoms with Gasteiger partial charge in [-0.25, -0.2) is 4.98 Å². The van der Waals surface area contributed by atoms with Crippen LogP contribution in [0.4, 0.5) is 0 Å². The highest BCUT2D eigenvalue weighted by Gasteiger charge is 2.22. The molecule has 3 aromatic rings. The summed E-state index contributed by atoms with van der Waals surface area (Å²) in [5, 5.41) is 1.86. The number of benzene rings is 1. The third kappa shape index (κ3) is 4.23. The monoisotopic (exact) mass is 398 g/mol. The zero-order chi connectivity index (χ0) is 19.5. The molecule has 3 heterocycles. The zero-order valence-corrected chi connectivity index (χ0v) is 16.5. The molecule has 1 amide bonds.